The van der Waals surface area contributed by atoms with Crippen LogP contribution in [0, 0.1) is 0 Å². The van der Waals surface area contributed by atoms with Crippen molar-refractivity contribution in [2.24, 2.45) is 0 Å². The van der Waals surface area contributed by atoms with Crippen molar-refractivity contribution in [3.05, 3.63) is 36.2 Å². The molecule has 0 radical (unpaired) electrons. The minimum absolute atomic E-state index is 0.289. The summed E-state index contributed by atoms with van der Waals surface area (Å²) < 4.78 is 15.9. The molecule has 8 nitrogen and oxygen atoms in total. The molecule has 0 atom stereocenters. The van der Waals surface area contributed by atoms with E-state index in [1.807, 2.05) is 0 Å². The van der Waals surface area contributed by atoms with E-state index in [-0.39, 0.29) is 5.91 Å². The predicted molar refractivity (Wildman–Crippen MR) is 92.4 cm³/mol. The summed E-state index contributed by atoms with van der Waals surface area (Å²) in [4.78, 5) is 20.6. The van der Waals surface area contributed by atoms with E-state index in [2.05, 4.69) is 20.6 Å². The van der Waals surface area contributed by atoms with Gasteiger partial charge in [-0.3, -0.25) is 4.79 Å². The molecule has 132 valence electrons. The summed E-state index contributed by atoms with van der Waals surface area (Å²) in [6.07, 6.45) is 3.82. The lowest BCUT2D eigenvalue weighted by atomic mass is 10.2. The molecule has 1 aromatic heterocycles. The van der Waals surface area contributed by atoms with Crippen molar-refractivity contribution in [1.82, 2.24) is 9.97 Å². The Kier molecular flexibility index (Phi) is 5.63. The number of rotatable bonds is 7. The zero-order valence-electron chi connectivity index (χ0n) is 13.9. The van der Waals surface area contributed by atoms with Crippen LogP contribution in [0.2, 0.25) is 0 Å². The summed E-state index contributed by atoms with van der Waals surface area (Å²) in [6.45, 7) is 2.40. The van der Waals surface area contributed by atoms with Crippen molar-refractivity contribution in [1.29, 1.82) is 0 Å². The molecule has 0 saturated heterocycles. The van der Waals surface area contributed by atoms with Crippen molar-refractivity contribution >= 4 is 17.5 Å². The molecule has 8 heteroatoms. The summed E-state index contributed by atoms with van der Waals surface area (Å²) in [5.41, 5.74) is 0.994. The largest absolute Gasteiger partial charge is 0.486 e. The van der Waals surface area contributed by atoms with E-state index in [1.165, 1.54) is 12.4 Å². The number of benzene rings is 1. The Morgan fingerprint density at radius 3 is 2.72 bits per heavy atom. The fourth-order valence-electron chi connectivity index (χ4n) is 2.28. The van der Waals surface area contributed by atoms with Crippen LogP contribution in [0.25, 0.3) is 0 Å². The summed E-state index contributed by atoms with van der Waals surface area (Å²) in [5, 5.41) is 5.86. The quantitative estimate of drug-likeness (QED) is 0.741. The normalized spacial score (nSPS) is 12.5. The van der Waals surface area contributed by atoms with Crippen LogP contribution in [0.4, 0.5) is 11.6 Å². The van der Waals surface area contributed by atoms with E-state index < -0.39 is 0 Å². The number of hydrogen-bond acceptors (Lipinski definition) is 7. The molecule has 0 unspecified atom stereocenters. The highest BCUT2D eigenvalue weighted by atomic mass is 16.6. The molecule has 25 heavy (non-hydrogen) atoms. The first-order valence-electron chi connectivity index (χ1n) is 8.02. The Morgan fingerprint density at radius 2 is 1.96 bits per heavy atom. The smallest absolute Gasteiger partial charge is 0.258 e. The van der Waals surface area contributed by atoms with Crippen LogP contribution in [0.15, 0.2) is 30.6 Å². The summed E-state index contributed by atoms with van der Waals surface area (Å²) in [7, 11) is 1.66. The average Bonchev–Trinajstić information content (AvgIpc) is 2.65. The molecular formula is C17H20N4O4. The lowest BCUT2D eigenvalue weighted by molar-refractivity contribution is 0.102. The van der Waals surface area contributed by atoms with Crippen LogP contribution in [-0.4, -0.2) is 49.4 Å². The highest BCUT2D eigenvalue weighted by Gasteiger charge is 2.13. The van der Waals surface area contributed by atoms with Gasteiger partial charge >= 0.3 is 0 Å². The number of fused-ring (bicyclic) bond motifs is 1. The van der Waals surface area contributed by atoms with Crippen LogP contribution in [0.5, 0.6) is 11.5 Å². The lowest BCUT2D eigenvalue weighted by Crippen LogP contribution is -2.17. The third kappa shape index (κ3) is 4.57. The van der Waals surface area contributed by atoms with Gasteiger partial charge < -0.3 is 24.8 Å². The molecule has 3 rings (SSSR count). The Hall–Kier alpha value is -2.87. The molecule has 1 amide bonds. The van der Waals surface area contributed by atoms with Gasteiger partial charge in [0, 0.05) is 44.4 Å². The van der Waals surface area contributed by atoms with Gasteiger partial charge in [0.05, 0.1) is 5.56 Å². The minimum Gasteiger partial charge on any atom is -0.486 e. The molecule has 1 aliphatic heterocycles. The Labute approximate surface area is 145 Å². The number of methoxy groups -OCH3 is 1. The van der Waals surface area contributed by atoms with E-state index in [4.69, 9.17) is 14.2 Å². The third-order valence-electron chi connectivity index (χ3n) is 3.52. The number of carbonyl (C=O) groups excluding carboxylic acids is 1. The molecule has 2 heterocycles. The molecule has 0 aliphatic carbocycles. The van der Waals surface area contributed by atoms with Crippen molar-refractivity contribution in [3.8, 4) is 11.5 Å². The maximum Gasteiger partial charge on any atom is 0.258 e. The Morgan fingerprint density at radius 1 is 1.20 bits per heavy atom. The average molecular weight is 344 g/mol. The maximum absolute atomic E-state index is 12.3. The highest BCUT2D eigenvalue weighted by Crippen LogP contribution is 2.32. The Balaban J connectivity index is 1.57. The van der Waals surface area contributed by atoms with E-state index >= 15 is 0 Å². The van der Waals surface area contributed by atoms with Gasteiger partial charge in [-0.15, -0.1) is 0 Å². The van der Waals surface area contributed by atoms with Gasteiger partial charge in [0.1, 0.15) is 13.2 Å². The van der Waals surface area contributed by atoms with Crippen molar-refractivity contribution < 1.29 is 19.0 Å². The zero-order valence-corrected chi connectivity index (χ0v) is 13.9. The zero-order chi connectivity index (χ0) is 17.5. The molecule has 2 aromatic rings. The number of aromatic nitrogens is 2. The fourth-order valence-corrected chi connectivity index (χ4v) is 2.28. The maximum atomic E-state index is 12.3. The first-order valence-corrected chi connectivity index (χ1v) is 8.02. The van der Waals surface area contributed by atoms with Crippen LogP contribution >= 0.6 is 0 Å². The van der Waals surface area contributed by atoms with E-state index in [0.29, 0.717) is 55.1 Å². The third-order valence-corrected chi connectivity index (χ3v) is 3.52. The second kappa shape index (κ2) is 8.29. The number of hydrogen-bond donors (Lipinski definition) is 2. The van der Waals surface area contributed by atoms with Crippen LogP contribution in [-0.2, 0) is 4.74 Å². The van der Waals surface area contributed by atoms with Gasteiger partial charge in [-0.2, -0.15) is 0 Å². The van der Waals surface area contributed by atoms with Gasteiger partial charge in [0.25, 0.3) is 5.91 Å². The van der Waals surface area contributed by atoms with Gasteiger partial charge in [-0.25, -0.2) is 9.97 Å². The standard InChI is InChI=1S/C17H20N4O4/c1-23-6-2-5-18-17-19-10-12(11-20-17)16(22)21-13-3-4-14-15(9-13)25-8-7-24-14/h3-4,9-11H,2,5-8H2,1H3,(H,21,22)(H,18,19,20). The fraction of sp³-hybridized carbons (Fsp3) is 0.353. The first-order chi connectivity index (χ1) is 12.3. The summed E-state index contributed by atoms with van der Waals surface area (Å²) in [5.74, 6) is 1.49. The number of amides is 1. The minimum atomic E-state index is -0.289. The molecule has 0 bridgehead atoms. The predicted octanol–water partition coefficient (Wildman–Crippen LogP) is 1.95. The number of nitrogens with zero attached hydrogens (tertiary/aromatic N) is 2. The molecular weight excluding hydrogens is 324 g/mol. The van der Waals surface area contributed by atoms with Crippen LogP contribution in [0.1, 0.15) is 16.8 Å². The molecule has 1 aliphatic rings. The number of ether oxygens (including phenoxy) is 3. The van der Waals surface area contributed by atoms with Gasteiger partial charge in [0.15, 0.2) is 11.5 Å². The lowest BCUT2D eigenvalue weighted by Gasteiger charge is -2.19. The molecule has 0 fully saturated rings. The highest BCUT2D eigenvalue weighted by molar-refractivity contribution is 6.04. The van der Waals surface area contributed by atoms with E-state index in [0.717, 1.165) is 6.42 Å². The number of nitrogens with one attached hydrogen (secondary N) is 2. The van der Waals surface area contributed by atoms with Gasteiger partial charge in [-0.05, 0) is 18.6 Å². The summed E-state index contributed by atoms with van der Waals surface area (Å²) >= 11 is 0. The Bertz CT molecular complexity index is 721. The number of anilines is 2. The van der Waals surface area contributed by atoms with E-state index in [1.54, 1.807) is 25.3 Å². The van der Waals surface area contributed by atoms with Crippen LogP contribution in [0.3, 0.4) is 0 Å². The molecule has 1 aromatic carbocycles. The van der Waals surface area contributed by atoms with Crippen LogP contribution < -0.4 is 20.1 Å². The summed E-state index contributed by atoms with van der Waals surface area (Å²) in [6, 6.07) is 5.27. The SMILES string of the molecule is COCCCNc1ncc(C(=O)Nc2ccc3c(c2)OCCO3)cn1. The molecule has 2 N–H and O–H groups in total. The monoisotopic (exact) mass is 344 g/mol. The first kappa shape index (κ1) is 17.0. The molecule has 0 spiro atoms. The second-order valence-corrected chi connectivity index (χ2v) is 5.38. The van der Waals surface area contributed by atoms with Gasteiger partial charge in [0.2, 0.25) is 5.95 Å². The van der Waals surface area contributed by atoms with Crippen molar-refractivity contribution in [2.75, 3.05) is 44.1 Å². The topological polar surface area (TPSA) is 94.6 Å². The van der Waals surface area contributed by atoms with E-state index in [9.17, 15) is 4.79 Å². The second-order valence-electron chi connectivity index (χ2n) is 5.38. The van der Waals surface area contributed by atoms with Crippen molar-refractivity contribution in [3.63, 3.8) is 0 Å². The number of carbonyl (C=O) groups is 1. The van der Waals surface area contributed by atoms with Crippen molar-refractivity contribution in [2.45, 2.75) is 6.42 Å². The van der Waals surface area contributed by atoms with Gasteiger partial charge in [-0.1, -0.05) is 0 Å². The molecule has 0 saturated carbocycles.